The third-order valence-corrected chi connectivity index (χ3v) is 5.02. The molecule has 0 bridgehead atoms. The van der Waals surface area contributed by atoms with E-state index in [2.05, 4.69) is 15.2 Å². The molecule has 138 valence electrons. The molecule has 1 fully saturated rings. The molecule has 1 aromatic carbocycles. The zero-order valence-electron chi connectivity index (χ0n) is 14.8. The van der Waals surface area contributed by atoms with Crippen molar-refractivity contribution >= 4 is 29.2 Å². The third kappa shape index (κ3) is 4.95. The van der Waals surface area contributed by atoms with Crippen LogP contribution in [0.4, 0.5) is 15.9 Å². The molecule has 1 amide bonds. The van der Waals surface area contributed by atoms with Crippen molar-refractivity contribution in [2.75, 3.05) is 29.1 Å². The Morgan fingerprint density at radius 3 is 2.65 bits per heavy atom. The number of pyridine rings is 1. The monoisotopic (exact) mass is 375 g/mol. The highest BCUT2D eigenvalue weighted by atomic mass is 32.2. The van der Waals surface area contributed by atoms with Crippen molar-refractivity contribution in [3.63, 3.8) is 0 Å². The van der Waals surface area contributed by atoms with E-state index in [0.717, 1.165) is 18.9 Å². The van der Waals surface area contributed by atoms with Crippen LogP contribution in [0.1, 0.15) is 13.8 Å². The van der Waals surface area contributed by atoms with Gasteiger partial charge in [-0.05, 0) is 38.1 Å². The van der Waals surface area contributed by atoms with Crippen molar-refractivity contribution in [2.45, 2.75) is 31.0 Å². The van der Waals surface area contributed by atoms with E-state index in [1.54, 1.807) is 24.4 Å². The van der Waals surface area contributed by atoms with Crippen LogP contribution in [-0.2, 0) is 9.53 Å². The number of thioether (sulfide) groups is 1. The lowest BCUT2D eigenvalue weighted by Crippen LogP contribution is -2.45. The first-order valence-corrected chi connectivity index (χ1v) is 9.53. The molecule has 1 aromatic heterocycles. The normalized spacial score (nSPS) is 20.0. The number of benzene rings is 1. The molecule has 1 saturated heterocycles. The summed E-state index contributed by atoms with van der Waals surface area (Å²) in [4.78, 5) is 19.1. The van der Waals surface area contributed by atoms with Crippen molar-refractivity contribution < 1.29 is 13.9 Å². The third-order valence-electron chi connectivity index (χ3n) is 3.97. The lowest BCUT2D eigenvalue weighted by atomic mass is 10.2. The van der Waals surface area contributed by atoms with Gasteiger partial charge in [0, 0.05) is 18.0 Å². The lowest BCUT2D eigenvalue weighted by molar-refractivity contribution is -0.113. The standard InChI is InChI=1S/C19H22FN3O2S/c1-13-10-23(11-14(2)25-13)18-8-7-15(9-21-18)22-19(24)12-26-17-6-4-3-5-16(17)20/h3-9,13-14H,10-12H2,1-2H3,(H,22,24). The van der Waals surface area contributed by atoms with Crippen LogP contribution in [0.2, 0.25) is 0 Å². The topological polar surface area (TPSA) is 54.5 Å². The second kappa shape index (κ2) is 8.51. The zero-order chi connectivity index (χ0) is 18.5. The van der Waals surface area contributed by atoms with Gasteiger partial charge in [-0.3, -0.25) is 4.79 Å². The van der Waals surface area contributed by atoms with Gasteiger partial charge in [0.15, 0.2) is 0 Å². The molecule has 2 unspecified atom stereocenters. The summed E-state index contributed by atoms with van der Waals surface area (Å²) in [6.07, 6.45) is 1.97. The maximum absolute atomic E-state index is 13.6. The molecule has 0 aliphatic carbocycles. The molecular formula is C19H22FN3O2S. The van der Waals surface area contributed by atoms with Gasteiger partial charge in [0.1, 0.15) is 11.6 Å². The number of amides is 1. The van der Waals surface area contributed by atoms with Crippen LogP contribution >= 0.6 is 11.8 Å². The van der Waals surface area contributed by atoms with Crippen molar-refractivity contribution in [2.24, 2.45) is 0 Å². The Labute approximate surface area is 156 Å². The summed E-state index contributed by atoms with van der Waals surface area (Å²) in [5.74, 6) is 0.499. The first kappa shape index (κ1) is 18.7. The number of anilines is 2. The van der Waals surface area contributed by atoms with Crippen LogP contribution in [0, 0.1) is 5.82 Å². The number of aromatic nitrogens is 1. The molecule has 2 heterocycles. The number of ether oxygens (including phenoxy) is 1. The number of rotatable bonds is 5. The fourth-order valence-electron chi connectivity index (χ4n) is 2.91. The van der Waals surface area contributed by atoms with Crippen molar-refractivity contribution in [1.82, 2.24) is 4.98 Å². The minimum atomic E-state index is -0.315. The number of morpholine rings is 1. The molecule has 0 radical (unpaired) electrons. The van der Waals surface area contributed by atoms with E-state index in [-0.39, 0.29) is 29.7 Å². The van der Waals surface area contributed by atoms with E-state index in [4.69, 9.17) is 4.74 Å². The Hall–Kier alpha value is -2.12. The van der Waals surface area contributed by atoms with E-state index >= 15 is 0 Å². The summed E-state index contributed by atoms with van der Waals surface area (Å²) in [7, 11) is 0. The minimum Gasteiger partial charge on any atom is -0.372 e. The second-order valence-corrected chi connectivity index (χ2v) is 7.35. The van der Waals surface area contributed by atoms with Crippen molar-refractivity contribution in [3.05, 3.63) is 48.4 Å². The highest BCUT2D eigenvalue weighted by Crippen LogP contribution is 2.22. The van der Waals surface area contributed by atoms with Gasteiger partial charge in [-0.2, -0.15) is 0 Å². The number of hydrogen-bond donors (Lipinski definition) is 1. The Morgan fingerprint density at radius 1 is 1.27 bits per heavy atom. The van der Waals surface area contributed by atoms with Crippen LogP contribution in [0.25, 0.3) is 0 Å². The predicted octanol–water partition coefficient (Wildman–Crippen LogP) is 3.57. The summed E-state index contributed by atoms with van der Waals surface area (Å²) in [6.45, 7) is 5.68. The molecule has 0 spiro atoms. The van der Waals surface area contributed by atoms with Crippen molar-refractivity contribution in [1.29, 1.82) is 0 Å². The van der Waals surface area contributed by atoms with E-state index in [1.165, 1.54) is 17.8 Å². The van der Waals surface area contributed by atoms with Crippen LogP contribution < -0.4 is 10.2 Å². The van der Waals surface area contributed by atoms with Crippen molar-refractivity contribution in [3.8, 4) is 0 Å². The average molecular weight is 375 g/mol. The van der Waals surface area contributed by atoms with E-state index in [0.29, 0.717) is 10.6 Å². The summed E-state index contributed by atoms with van der Waals surface area (Å²) < 4.78 is 19.3. The number of carbonyl (C=O) groups is 1. The summed E-state index contributed by atoms with van der Waals surface area (Å²) in [5, 5.41) is 2.79. The molecular weight excluding hydrogens is 353 g/mol. The zero-order valence-corrected chi connectivity index (χ0v) is 15.6. The predicted molar refractivity (Wildman–Crippen MR) is 102 cm³/mol. The molecule has 1 aliphatic heterocycles. The molecule has 3 rings (SSSR count). The van der Waals surface area contributed by atoms with Gasteiger partial charge in [0.05, 0.1) is 29.8 Å². The highest BCUT2D eigenvalue weighted by molar-refractivity contribution is 8.00. The number of nitrogens with zero attached hydrogens (tertiary/aromatic N) is 2. The first-order valence-electron chi connectivity index (χ1n) is 8.55. The number of halogens is 1. The molecule has 0 saturated carbocycles. The van der Waals surface area contributed by atoms with E-state index in [1.807, 2.05) is 26.0 Å². The molecule has 1 N–H and O–H groups in total. The van der Waals surface area contributed by atoms with Gasteiger partial charge in [-0.15, -0.1) is 11.8 Å². The van der Waals surface area contributed by atoms with Gasteiger partial charge in [-0.25, -0.2) is 9.37 Å². The summed E-state index contributed by atoms with van der Waals surface area (Å²) in [6, 6.07) is 10.1. The minimum absolute atomic E-state index is 0.140. The van der Waals surface area contributed by atoms with Gasteiger partial charge < -0.3 is 15.0 Å². The van der Waals surface area contributed by atoms with E-state index < -0.39 is 0 Å². The van der Waals surface area contributed by atoms with Crippen LogP contribution in [0.5, 0.6) is 0 Å². The number of nitrogens with one attached hydrogen (secondary N) is 1. The van der Waals surface area contributed by atoms with Crippen LogP contribution in [0.3, 0.4) is 0 Å². The largest absolute Gasteiger partial charge is 0.372 e. The van der Waals surface area contributed by atoms with Gasteiger partial charge in [0.25, 0.3) is 0 Å². The Kier molecular flexibility index (Phi) is 6.11. The fourth-order valence-corrected chi connectivity index (χ4v) is 3.65. The highest BCUT2D eigenvalue weighted by Gasteiger charge is 2.23. The van der Waals surface area contributed by atoms with E-state index in [9.17, 15) is 9.18 Å². The fraction of sp³-hybridized carbons (Fsp3) is 0.368. The Balaban J connectivity index is 1.54. The van der Waals surface area contributed by atoms with Gasteiger partial charge in [0.2, 0.25) is 5.91 Å². The van der Waals surface area contributed by atoms with Gasteiger partial charge in [-0.1, -0.05) is 12.1 Å². The molecule has 7 heteroatoms. The lowest BCUT2D eigenvalue weighted by Gasteiger charge is -2.36. The molecule has 2 atom stereocenters. The molecule has 26 heavy (non-hydrogen) atoms. The Morgan fingerprint density at radius 2 is 2.00 bits per heavy atom. The first-order chi connectivity index (χ1) is 12.5. The summed E-state index contributed by atoms with van der Waals surface area (Å²) >= 11 is 1.17. The van der Waals surface area contributed by atoms with Gasteiger partial charge >= 0.3 is 0 Å². The SMILES string of the molecule is CC1CN(c2ccc(NC(=O)CSc3ccccc3F)cn2)CC(C)O1. The number of carbonyl (C=O) groups excluding carboxylic acids is 1. The maximum atomic E-state index is 13.6. The number of hydrogen-bond acceptors (Lipinski definition) is 5. The summed E-state index contributed by atoms with van der Waals surface area (Å²) in [5.41, 5.74) is 0.627. The second-order valence-electron chi connectivity index (χ2n) is 6.33. The Bertz CT molecular complexity index is 747. The average Bonchev–Trinajstić information content (AvgIpc) is 2.61. The molecule has 1 aliphatic rings. The molecule has 2 aromatic rings. The van der Waals surface area contributed by atoms with Crippen LogP contribution in [0.15, 0.2) is 47.5 Å². The molecule has 5 nitrogen and oxygen atoms in total. The quantitative estimate of drug-likeness (QED) is 0.810. The maximum Gasteiger partial charge on any atom is 0.234 e. The smallest absolute Gasteiger partial charge is 0.234 e. The van der Waals surface area contributed by atoms with Crippen LogP contribution in [-0.4, -0.2) is 41.9 Å².